The van der Waals surface area contributed by atoms with E-state index in [1.165, 1.54) is 25.3 Å². The lowest BCUT2D eigenvalue weighted by Crippen LogP contribution is -2.45. The average molecular weight is 196 g/mol. The Morgan fingerprint density at radius 1 is 1.29 bits per heavy atom. The highest BCUT2D eigenvalue weighted by atomic mass is 16.1. The van der Waals surface area contributed by atoms with Gasteiger partial charge in [0.1, 0.15) is 0 Å². The molecule has 80 valence electrons. The fraction of sp³-hybridized carbons (Fsp3) is 0.727. The SMILES string of the molecule is CC(C)(C=CC(N)=O)N1CCCCC1. The molecule has 0 spiro atoms. The highest BCUT2D eigenvalue weighted by Gasteiger charge is 2.24. The van der Waals surface area contributed by atoms with Crippen LogP contribution in [0.15, 0.2) is 12.2 Å². The number of nitrogens with two attached hydrogens (primary N) is 1. The van der Waals surface area contributed by atoms with E-state index in [0.29, 0.717) is 0 Å². The van der Waals surface area contributed by atoms with E-state index in [2.05, 4.69) is 18.7 Å². The number of hydrogen-bond acceptors (Lipinski definition) is 2. The molecule has 0 aromatic heterocycles. The topological polar surface area (TPSA) is 46.3 Å². The van der Waals surface area contributed by atoms with E-state index in [9.17, 15) is 4.79 Å². The van der Waals surface area contributed by atoms with Crippen LogP contribution < -0.4 is 5.73 Å². The molecule has 14 heavy (non-hydrogen) atoms. The molecule has 0 aromatic carbocycles. The van der Waals surface area contributed by atoms with E-state index < -0.39 is 0 Å². The molecule has 0 aliphatic carbocycles. The van der Waals surface area contributed by atoms with Gasteiger partial charge in [-0.2, -0.15) is 0 Å². The average Bonchev–Trinajstić information content (AvgIpc) is 2.16. The van der Waals surface area contributed by atoms with Gasteiger partial charge in [-0.3, -0.25) is 9.69 Å². The van der Waals surface area contributed by atoms with Crippen LogP contribution in [0.4, 0.5) is 0 Å². The van der Waals surface area contributed by atoms with E-state index in [0.717, 1.165) is 13.1 Å². The molecule has 0 saturated carbocycles. The molecule has 0 unspecified atom stereocenters. The summed E-state index contributed by atoms with van der Waals surface area (Å²) in [6.45, 7) is 6.49. The summed E-state index contributed by atoms with van der Waals surface area (Å²) < 4.78 is 0. The highest BCUT2D eigenvalue weighted by Crippen LogP contribution is 2.21. The standard InChI is InChI=1S/C11H20N2O/c1-11(2,7-6-10(12)14)13-8-4-3-5-9-13/h6-7H,3-5,8-9H2,1-2H3,(H2,12,14). The van der Waals surface area contributed by atoms with Crippen molar-refractivity contribution in [3.8, 4) is 0 Å². The van der Waals surface area contributed by atoms with Crippen molar-refractivity contribution >= 4 is 5.91 Å². The van der Waals surface area contributed by atoms with E-state index in [4.69, 9.17) is 5.73 Å². The number of primary amides is 1. The van der Waals surface area contributed by atoms with Crippen molar-refractivity contribution in [2.75, 3.05) is 13.1 Å². The first-order chi connectivity index (χ1) is 6.52. The summed E-state index contributed by atoms with van der Waals surface area (Å²) in [4.78, 5) is 13.0. The molecule has 2 N–H and O–H groups in total. The molecule has 0 radical (unpaired) electrons. The Balaban J connectivity index is 2.57. The third kappa shape index (κ3) is 3.14. The van der Waals surface area contributed by atoms with Crippen LogP contribution in [0.1, 0.15) is 33.1 Å². The van der Waals surface area contributed by atoms with Gasteiger partial charge < -0.3 is 5.73 Å². The van der Waals surface area contributed by atoms with Gasteiger partial charge in [-0.15, -0.1) is 0 Å². The van der Waals surface area contributed by atoms with Gasteiger partial charge in [-0.25, -0.2) is 0 Å². The molecule has 1 aliphatic heterocycles. The van der Waals surface area contributed by atoms with Crippen LogP contribution in [-0.4, -0.2) is 29.4 Å². The normalized spacial score (nSPS) is 20.1. The van der Waals surface area contributed by atoms with Crippen molar-refractivity contribution in [3.05, 3.63) is 12.2 Å². The van der Waals surface area contributed by atoms with Crippen LogP contribution in [0.2, 0.25) is 0 Å². The van der Waals surface area contributed by atoms with Crippen molar-refractivity contribution in [3.63, 3.8) is 0 Å². The largest absolute Gasteiger partial charge is 0.366 e. The molecule has 3 heteroatoms. The van der Waals surface area contributed by atoms with Crippen LogP contribution in [0, 0.1) is 0 Å². The van der Waals surface area contributed by atoms with Crippen LogP contribution in [-0.2, 0) is 4.79 Å². The first-order valence-electron chi connectivity index (χ1n) is 5.26. The molecule has 1 rings (SSSR count). The minimum Gasteiger partial charge on any atom is -0.366 e. The molecule has 3 nitrogen and oxygen atoms in total. The lowest BCUT2D eigenvalue weighted by atomic mass is 9.98. The Morgan fingerprint density at radius 3 is 2.36 bits per heavy atom. The van der Waals surface area contributed by atoms with Gasteiger partial charge in [-0.1, -0.05) is 12.5 Å². The van der Waals surface area contributed by atoms with Crippen LogP contribution in [0.5, 0.6) is 0 Å². The Bertz CT molecular complexity index is 227. The Morgan fingerprint density at radius 2 is 1.86 bits per heavy atom. The lowest BCUT2D eigenvalue weighted by Gasteiger charge is -2.39. The van der Waals surface area contributed by atoms with E-state index in [1.807, 2.05) is 6.08 Å². The van der Waals surface area contributed by atoms with Crippen molar-refractivity contribution in [1.29, 1.82) is 0 Å². The first-order valence-corrected chi connectivity index (χ1v) is 5.26. The van der Waals surface area contributed by atoms with Crippen molar-refractivity contribution in [2.45, 2.75) is 38.6 Å². The van der Waals surface area contributed by atoms with Crippen LogP contribution >= 0.6 is 0 Å². The quantitative estimate of drug-likeness (QED) is 0.691. The summed E-state index contributed by atoms with van der Waals surface area (Å²) in [6.07, 6.45) is 7.21. The molecule has 1 saturated heterocycles. The summed E-state index contributed by atoms with van der Waals surface area (Å²) >= 11 is 0. The number of nitrogens with zero attached hydrogens (tertiary/aromatic N) is 1. The van der Waals surface area contributed by atoms with Gasteiger partial charge in [0.05, 0.1) is 0 Å². The zero-order chi connectivity index (χ0) is 10.6. The molecular formula is C11H20N2O. The Hall–Kier alpha value is -0.830. The second kappa shape index (κ2) is 4.60. The fourth-order valence-electron chi connectivity index (χ4n) is 1.86. The third-order valence-corrected chi connectivity index (χ3v) is 2.83. The summed E-state index contributed by atoms with van der Waals surface area (Å²) in [5.41, 5.74) is 5.04. The van der Waals surface area contributed by atoms with Crippen molar-refractivity contribution < 1.29 is 4.79 Å². The Labute approximate surface area is 86.0 Å². The molecule has 0 bridgehead atoms. The maximum atomic E-state index is 10.6. The molecule has 1 heterocycles. The number of carbonyl (C=O) groups is 1. The number of carbonyl (C=O) groups excluding carboxylic acids is 1. The van der Waals surface area contributed by atoms with E-state index in [-0.39, 0.29) is 11.4 Å². The minimum atomic E-state index is -0.366. The van der Waals surface area contributed by atoms with Gasteiger partial charge in [0.25, 0.3) is 0 Å². The second-order valence-corrected chi connectivity index (χ2v) is 4.44. The number of likely N-dealkylation sites (tertiary alicyclic amines) is 1. The van der Waals surface area contributed by atoms with Gasteiger partial charge in [0.15, 0.2) is 0 Å². The summed E-state index contributed by atoms with van der Waals surface area (Å²) in [7, 11) is 0. The molecule has 1 amide bonds. The number of hydrogen-bond donors (Lipinski definition) is 1. The second-order valence-electron chi connectivity index (χ2n) is 4.44. The predicted molar refractivity (Wildman–Crippen MR) is 57.8 cm³/mol. The zero-order valence-corrected chi connectivity index (χ0v) is 9.12. The molecule has 1 fully saturated rings. The van der Waals surface area contributed by atoms with Gasteiger partial charge in [0.2, 0.25) is 5.91 Å². The maximum Gasteiger partial charge on any atom is 0.241 e. The van der Waals surface area contributed by atoms with Gasteiger partial charge in [-0.05, 0) is 39.8 Å². The van der Waals surface area contributed by atoms with Crippen LogP contribution in [0.25, 0.3) is 0 Å². The fourth-order valence-corrected chi connectivity index (χ4v) is 1.86. The van der Waals surface area contributed by atoms with Crippen molar-refractivity contribution in [2.24, 2.45) is 5.73 Å². The number of rotatable bonds is 3. The number of amides is 1. The molecule has 0 aromatic rings. The maximum absolute atomic E-state index is 10.6. The smallest absolute Gasteiger partial charge is 0.241 e. The Kier molecular flexibility index (Phi) is 3.69. The number of piperidine rings is 1. The monoisotopic (exact) mass is 196 g/mol. The first kappa shape index (κ1) is 11.2. The highest BCUT2D eigenvalue weighted by molar-refractivity contribution is 5.85. The zero-order valence-electron chi connectivity index (χ0n) is 9.12. The lowest BCUT2D eigenvalue weighted by molar-refractivity contribution is -0.113. The molecular weight excluding hydrogens is 176 g/mol. The predicted octanol–water partition coefficient (Wildman–Crippen LogP) is 1.29. The van der Waals surface area contributed by atoms with Gasteiger partial charge in [0, 0.05) is 11.6 Å². The van der Waals surface area contributed by atoms with Crippen molar-refractivity contribution in [1.82, 2.24) is 4.90 Å². The van der Waals surface area contributed by atoms with Crippen LogP contribution in [0.3, 0.4) is 0 Å². The third-order valence-electron chi connectivity index (χ3n) is 2.83. The summed E-state index contributed by atoms with van der Waals surface area (Å²) in [6, 6.07) is 0. The van der Waals surface area contributed by atoms with E-state index in [1.54, 1.807) is 0 Å². The minimum absolute atomic E-state index is 0.0462. The van der Waals surface area contributed by atoms with Gasteiger partial charge >= 0.3 is 0 Å². The van der Waals surface area contributed by atoms with E-state index >= 15 is 0 Å². The summed E-state index contributed by atoms with van der Waals surface area (Å²) in [5.74, 6) is -0.366. The summed E-state index contributed by atoms with van der Waals surface area (Å²) in [5, 5.41) is 0. The molecule has 1 aliphatic rings. The molecule has 0 atom stereocenters.